The molecule has 18 heavy (non-hydrogen) atoms. The van der Waals surface area contributed by atoms with Gasteiger partial charge in [-0.3, -0.25) is 14.8 Å². The summed E-state index contributed by atoms with van der Waals surface area (Å²) in [4.78, 5) is 22.5. The van der Waals surface area contributed by atoms with E-state index in [0.717, 1.165) is 25.3 Å². The number of nitrogens with zero attached hydrogens (tertiary/aromatic N) is 4. The maximum absolute atomic E-state index is 11.8. The van der Waals surface area contributed by atoms with Crippen LogP contribution in [0.3, 0.4) is 0 Å². The van der Waals surface area contributed by atoms with Crippen LogP contribution in [0.5, 0.6) is 0 Å². The second-order valence-corrected chi connectivity index (χ2v) is 4.70. The summed E-state index contributed by atoms with van der Waals surface area (Å²) in [7, 11) is 0. The highest BCUT2D eigenvalue weighted by Gasteiger charge is 2.16. The standard InChI is InChI=1S/C11H16N6O/c1-8-5-16(3-2-12-8)6-9-4-10(18)17-11(15-9)13-7-14-17/h4,7-8,12H,2-3,5-6H2,1H3,(H,13,14,15)/t8-/m1/s1. The lowest BCUT2D eigenvalue weighted by atomic mass is 10.2. The van der Waals surface area contributed by atoms with Gasteiger partial charge in [-0.25, -0.2) is 9.97 Å². The highest BCUT2D eigenvalue weighted by atomic mass is 16.1. The molecule has 0 bridgehead atoms. The fourth-order valence-corrected chi connectivity index (χ4v) is 2.33. The molecule has 1 aliphatic heterocycles. The number of hydrogen-bond acceptors (Lipinski definition) is 5. The van der Waals surface area contributed by atoms with Gasteiger partial charge in [0.15, 0.2) is 0 Å². The molecule has 1 saturated heterocycles. The third kappa shape index (κ3) is 2.14. The van der Waals surface area contributed by atoms with Crippen LogP contribution in [0, 0.1) is 0 Å². The molecule has 3 heterocycles. The molecule has 7 nitrogen and oxygen atoms in total. The van der Waals surface area contributed by atoms with Gasteiger partial charge in [-0.05, 0) is 6.92 Å². The van der Waals surface area contributed by atoms with Crippen LogP contribution in [0.2, 0.25) is 0 Å². The van der Waals surface area contributed by atoms with E-state index in [1.165, 1.54) is 10.8 Å². The molecule has 1 aliphatic rings. The van der Waals surface area contributed by atoms with E-state index in [1.54, 1.807) is 6.07 Å². The fourth-order valence-electron chi connectivity index (χ4n) is 2.33. The van der Waals surface area contributed by atoms with E-state index in [1.807, 2.05) is 0 Å². The van der Waals surface area contributed by atoms with Gasteiger partial charge in [-0.2, -0.15) is 4.52 Å². The Morgan fingerprint density at radius 1 is 1.56 bits per heavy atom. The molecular formula is C11H16N6O. The van der Waals surface area contributed by atoms with Crippen LogP contribution in [0.15, 0.2) is 17.2 Å². The summed E-state index contributed by atoms with van der Waals surface area (Å²) >= 11 is 0. The molecule has 3 rings (SSSR count). The maximum Gasteiger partial charge on any atom is 0.274 e. The van der Waals surface area contributed by atoms with Crippen molar-refractivity contribution in [3.8, 4) is 0 Å². The average molecular weight is 248 g/mol. The molecule has 0 aromatic carbocycles. The van der Waals surface area contributed by atoms with Gasteiger partial charge in [0, 0.05) is 38.3 Å². The van der Waals surface area contributed by atoms with E-state index in [2.05, 4.69) is 32.2 Å². The monoisotopic (exact) mass is 248 g/mol. The molecule has 0 saturated carbocycles. The van der Waals surface area contributed by atoms with E-state index in [4.69, 9.17) is 0 Å². The van der Waals surface area contributed by atoms with Crippen molar-refractivity contribution >= 4 is 5.78 Å². The minimum absolute atomic E-state index is 0.115. The predicted molar refractivity (Wildman–Crippen MR) is 66.3 cm³/mol. The molecule has 0 amide bonds. The highest BCUT2D eigenvalue weighted by molar-refractivity contribution is 5.25. The van der Waals surface area contributed by atoms with Gasteiger partial charge in [0.25, 0.3) is 11.3 Å². The van der Waals surface area contributed by atoms with Gasteiger partial charge in [0.1, 0.15) is 6.33 Å². The summed E-state index contributed by atoms with van der Waals surface area (Å²) < 4.78 is 1.34. The summed E-state index contributed by atoms with van der Waals surface area (Å²) in [5.41, 5.74) is 0.664. The van der Waals surface area contributed by atoms with E-state index < -0.39 is 0 Å². The fraction of sp³-hybridized carbons (Fsp3) is 0.545. The molecule has 2 aromatic rings. The van der Waals surface area contributed by atoms with Gasteiger partial charge < -0.3 is 5.32 Å². The van der Waals surface area contributed by atoms with E-state index in [9.17, 15) is 4.79 Å². The van der Waals surface area contributed by atoms with Crippen LogP contribution >= 0.6 is 0 Å². The summed E-state index contributed by atoms with van der Waals surface area (Å²) in [5.74, 6) is 0.431. The number of nitrogens with one attached hydrogen (secondary N) is 2. The number of hydrogen-bond donors (Lipinski definition) is 2. The molecular weight excluding hydrogens is 232 g/mol. The molecule has 2 aromatic heterocycles. The Bertz CT molecular complexity index is 603. The first-order valence-electron chi connectivity index (χ1n) is 6.10. The Balaban J connectivity index is 1.83. The Hall–Kier alpha value is -1.73. The average Bonchev–Trinajstić information content (AvgIpc) is 2.77. The van der Waals surface area contributed by atoms with Crippen molar-refractivity contribution in [1.29, 1.82) is 0 Å². The first-order chi connectivity index (χ1) is 8.72. The second kappa shape index (κ2) is 4.51. The van der Waals surface area contributed by atoms with Crippen molar-refractivity contribution in [3.05, 3.63) is 28.4 Å². The number of aromatic nitrogens is 4. The molecule has 0 unspecified atom stereocenters. The predicted octanol–water partition coefficient (Wildman–Crippen LogP) is -0.789. The van der Waals surface area contributed by atoms with E-state index in [0.29, 0.717) is 18.4 Å². The Morgan fingerprint density at radius 2 is 2.44 bits per heavy atom. The van der Waals surface area contributed by atoms with Crippen LogP contribution in [0.4, 0.5) is 0 Å². The van der Waals surface area contributed by atoms with Gasteiger partial charge in [-0.15, -0.1) is 0 Å². The number of rotatable bonds is 2. The van der Waals surface area contributed by atoms with Crippen molar-refractivity contribution in [3.63, 3.8) is 0 Å². The maximum atomic E-state index is 11.8. The van der Waals surface area contributed by atoms with Crippen LogP contribution in [-0.2, 0) is 6.54 Å². The van der Waals surface area contributed by atoms with Crippen LogP contribution in [0.1, 0.15) is 12.6 Å². The van der Waals surface area contributed by atoms with E-state index >= 15 is 0 Å². The summed E-state index contributed by atoms with van der Waals surface area (Å²) in [6.07, 6.45) is 1.47. The normalized spacial score (nSPS) is 21.5. The van der Waals surface area contributed by atoms with Crippen LogP contribution < -0.4 is 10.9 Å². The van der Waals surface area contributed by atoms with Crippen molar-refractivity contribution in [2.75, 3.05) is 19.6 Å². The molecule has 0 spiro atoms. The first kappa shape index (κ1) is 11.4. The Labute approximate surface area is 104 Å². The molecule has 2 N–H and O–H groups in total. The summed E-state index contributed by atoms with van der Waals surface area (Å²) in [5, 5.41) is 6.12. The summed E-state index contributed by atoms with van der Waals surface area (Å²) in [6.45, 7) is 5.79. The third-order valence-corrected chi connectivity index (χ3v) is 3.16. The lowest BCUT2D eigenvalue weighted by molar-refractivity contribution is 0.197. The Kier molecular flexibility index (Phi) is 2.85. The zero-order valence-corrected chi connectivity index (χ0v) is 10.3. The molecule has 7 heteroatoms. The van der Waals surface area contributed by atoms with Gasteiger partial charge >= 0.3 is 0 Å². The quantitative estimate of drug-likeness (QED) is 0.728. The zero-order chi connectivity index (χ0) is 12.5. The second-order valence-electron chi connectivity index (χ2n) is 4.70. The minimum Gasteiger partial charge on any atom is -0.312 e. The lowest BCUT2D eigenvalue weighted by Gasteiger charge is -2.31. The number of H-pyrrole nitrogens is 1. The molecule has 0 radical (unpaired) electrons. The van der Waals surface area contributed by atoms with Crippen molar-refractivity contribution < 1.29 is 0 Å². The smallest absolute Gasteiger partial charge is 0.274 e. The first-order valence-corrected chi connectivity index (χ1v) is 6.10. The number of fused-ring (bicyclic) bond motifs is 1. The molecule has 1 atom stereocenters. The summed E-state index contributed by atoms with van der Waals surface area (Å²) in [6, 6.07) is 2.05. The van der Waals surface area contributed by atoms with Crippen molar-refractivity contribution in [2.45, 2.75) is 19.5 Å². The largest absolute Gasteiger partial charge is 0.312 e. The molecule has 0 aliphatic carbocycles. The number of piperazine rings is 1. The molecule has 96 valence electrons. The molecule has 1 fully saturated rings. The third-order valence-electron chi connectivity index (χ3n) is 3.16. The zero-order valence-electron chi connectivity index (χ0n) is 10.3. The van der Waals surface area contributed by atoms with Gasteiger partial charge in [-0.1, -0.05) is 0 Å². The van der Waals surface area contributed by atoms with Crippen LogP contribution in [0.25, 0.3) is 5.78 Å². The topological polar surface area (TPSA) is 78.3 Å². The highest BCUT2D eigenvalue weighted by Crippen LogP contribution is 2.04. The van der Waals surface area contributed by atoms with Gasteiger partial charge in [0.05, 0.1) is 5.69 Å². The van der Waals surface area contributed by atoms with Crippen molar-refractivity contribution in [1.82, 2.24) is 29.8 Å². The van der Waals surface area contributed by atoms with E-state index in [-0.39, 0.29) is 5.56 Å². The van der Waals surface area contributed by atoms with Crippen LogP contribution in [-0.4, -0.2) is 50.2 Å². The SMILES string of the molecule is C[C@@H]1CN(Cc2cc(=O)n3[nH]cnc3n2)CCN1. The van der Waals surface area contributed by atoms with Crippen molar-refractivity contribution in [2.24, 2.45) is 0 Å². The van der Waals surface area contributed by atoms with Gasteiger partial charge in [0.2, 0.25) is 0 Å². The Morgan fingerprint density at radius 3 is 3.28 bits per heavy atom. The lowest BCUT2D eigenvalue weighted by Crippen LogP contribution is -2.48. The minimum atomic E-state index is -0.115. The number of aromatic amines is 1.